The molecule has 3 rings (SSSR count). The van der Waals surface area contributed by atoms with E-state index in [9.17, 15) is 4.21 Å². The molecule has 1 atom stereocenters. The fourth-order valence-corrected chi connectivity index (χ4v) is 3.36. The smallest absolute Gasteiger partial charge is 0.151 e. The van der Waals surface area contributed by atoms with Gasteiger partial charge in [0.05, 0.1) is 15.7 Å². The van der Waals surface area contributed by atoms with Gasteiger partial charge in [-0.1, -0.05) is 46.3 Å². The van der Waals surface area contributed by atoms with Crippen LogP contribution in [0.5, 0.6) is 0 Å². The predicted octanol–water partition coefficient (Wildman–Crippen LogP) is 4.60. The summed E-state index contributed by atoms with van der Waals surface area (Å²) in [6, 6.07) is 15.5. The second kappa shape index (κ2) is 4.94. The van der Waals surface area contributed by atoms with Crippen LogP contribution in [0.15, 0.2) is 62.3 Å². The van der Waals surface area contributed by atoms with E-state index in [0.29, 0.717) is 5.76 Å². The van der Waals surface area contributed by atoms with Crippen LogP contribution in [0.4, 0.5) is 0 Å². The van der Waals surface area contributed by atoms with Gasteiger partial charge in [0.1, 0.15) is 5.58 Å². The molecular formula is C15H11BrO2S. The zero-order chi connectivity index (χ0) is 13.4. The number of halogens is 1. The van der Waals surface area contributed by atoms with Crippen molar-refractivity contribution in [1.29, 1.82) is 0 Å². The minimum absolute atomic E-state index is 0.689. The van der Waals surface area contributed by atoms with Gasteiger partial charge in [0.15, 0.2) is 5.76 Å². The second-order valence-corrected chi connectivity index (χ2v) is 6.45. The molecule has 1 heterocycles. The first kappa shape index (κ1) is 12.6. The van der Waals surface area contributed by atoms with Crippen LogP contribution in [0.25, 0.3) is 22.3 Å². The molecular weight excluding hydrogens is 324 g/mol. The summed E-state index contributed by atoms with van der Waals surface area (Å²) in [6.07, 6.45) is 1.68. The quantitative estimate of drug-likeness (QED) is 0.685. The van der Waals surface area contributed by atoms with E-state index < -0.39 is 10.8 Å². The van der Waals surface area contributed by atoms with Gasteiger partial charge in [0.25, 0.3) is 0 Å². The summed E-state index contributed by atoms with van der Waals surface area (Å²) in [5, 5.41) is 0.897. The lowest BCUT2D eigenvalue weighted by atomic mass is 10.1. The fourth-order valence-electron chi connectivity index (χ4n) is 2.11. The summed E-state index contributed by atoms with van der Waals surface area (Å²) >= 11 is 3.44. The van der Waals surface area contributed by atoms with E-state index >= 15 is 0 Å². The Morgan fingerprint density at radius 2 is 1.84 bits per heavy atom. The highest BCUT2D eigenvalue weighted by molar-refractivity contribution is 9.10. The maximum Gasteiger partial charge on any atom is 0.151 e. The third-order valence-corrected chi connectivity index (χ3v) is 4.40. The maximum absolute atomic E-state index is 12.1. The first-order valence-corrected chi connectivity index (χ1v) is 8.13. The molecule has 0 saturated carbocycles. The summed E-state index contributed by atoms with van der Waals surface area (Å²) in [7, 11) is -1.11. The third kappa shape index (κ3) is 2.26. The third-order valence-electron chi connectivity index (χ3n) is 2.93. The van der Waals surface area contributed by atoms with E-state index in [0.717, 1.165) is 25.9 Å². The van der Waals surface area contributed by atoms with E-state index in [1.807, 2.05) is 48.5 Å². The highest BCUT2D eigenvalue weighted by Gasteiger charge is 2.18. The summed E-state index contributed by atoms with van der Waals surface area (Å²) < 4.78 is 18.9. The molecule has 4 heteroatoms. The van der Waals surface area contributed by atoms with E-state index in [1.54, 1.807) is 6.26 Å². The Balaban J connectivity index is 2.36. The van der Waals surface area contributed by atoms with Crippen molar-refractivity contribution in [1.82, 2.24) is 0 Å². The van der Waals surface area contributed by atoms with Crippen molar-refractivity contribution in [2.75, 3.05) is 6.26 Å². The van der Waals surface area contributed by atoms with E-state index in [-0.39, 0.29) is 0 Å². The molecule has 0 spiro atoms. The van der Waals surface area contributed by atoms with Crippen LogP contribution >= 0.6 is 15.9 Å². The molecule has 19 heavy (non-hydrogen) atoms. The van der Waals surface area contributed by atoms with Crippen molar-refractivity contribution in [3.63, 3.8) is 0 Å². The Kier molecular flexibility index (Phi) is 3.29. The van der Waals surface area contributed by atoms with Gasteiger partial charge in [-0.3, -0.25) is 4.21 Å². The maximum atomic E-state index is 12.1. The molecule has 0 amide bonds. The second-order valence-electron chi connectivity index (χ2n) is 4.22. The van der Waals surface area contributed by atoms with E-state index in [1.165, 1.54) is 0 Å². The van der Waals surface area contributed by atoms with Crippen molar-refractivity contribution in [3.05, 3.63) is 53.0 Å². The van der Waals surface area contributed by atoms with Gasteiger partial charge in [0, 0.05) is 21.7 Å². The van der Waals surface area contributed by atoms with Crippen molar-refractivity contribution >= 4 is 37.7 Å². The van der Waals surface area contributed by atoms with E-state index in [2.05, 4.69) is 15.9 Å². The lowest BCUT2D eigenvalue weighted by Crippen LogP contribution is -1.88. The molecule has 0 aliphatic carbocycles. The lowest BCUT2D eigenvalue weighted by molar-refractivity contribution is 0.622. The average Bonchev–Trinajstić information content (AvgIpc) is 2.78. The fraction of sp³-hybridized carbons (Fsp3) is 0.0667. The standard InChI is InChI=1S/C15H11BrO2S/c1-19(17)15-12-9-11(16)7-8-13(12)18-14(15)10-5-3-2-4-6-10/h2-9H,1H3. The molecule has 0 N–H and O–H groups in total. The van der Waals surface area contributed by atoms with Crippen LogP contribution in [-0.2, 0) is 10.8 Å². The van der Waals surface area contributed by atoms with Gasteiger partial charge in [-0.25, -0.2) is 0 Å². The number of furan rings is 1. The van der Waals surface area contributed by atoms with Gasteiger partial charge in [-0.05, 0) is 18.2 Å². The van der Waals surface area contributed by atoms with Crippen molar-refractivity contribution in [2.45, 2.75) is 4.90 Å². The highest BCUT2D eigenvalue weighted by Crippen LogP contribution is 2.36. The predicted molar refractivity (Wildman–Crippen MR) is 81.7 cm³/mol. The molecule has 0 fully saturated rings. The van der Waals surface area contributed by atoms with Crippen LogP contribution in [0.2, 0.25) is 0 Å². The first-order valence-electron chi connectivity index (χ1n) is 5.77. The summed E-state index contributed by atoms with van der Waals surface area (Å²) in [4.78, 5) is 0.752. The lowest BCUT2D eigenvalue weighted by Gasteiger charge is -1.99. The van der Waals surface area contributed by atoms with E-state index in [4.69, 9.17) is 4.42 Å². The molecule has 0 aliphatic heterocycles. The molecule has 2 aromatic carbocycles. The van der Waals surface area contributed by atoms with Crippen LogP contribution in [-0.4, -0.2) is 10.5 Å². The molecule has 1 aromatic heterocycles. The van der Waals surface area contributed by atoms with Gasteiger partial charge in [0.2, 0.25) is 0 Å². The topological polar surface area (TPSA) is 30.2 Å². The Morgan fingerprint density at radius 1 is 1.11 bits per heavy atom. The summed E-state index contributed by atoms with van der Waals surface area (Å²) in [5.41, 5.74) is 1.70. The molecule has 0 bridgehead atoms. The monoisotopic (exact) mass is 334 g/mol. The zero-order valence-corrected chi connectivity index (χ0v) is 12.6. The minimum atomic E-state index is -1.11. The van der Waals surface area contributed by atoms with Gasteiger partial charge >= 0.3 is 0 Å². The van der Waals surface area contributed by atoms with Crippen LogP contribution in [0.3, 0.4) is 0 Å². The van der Waals surface area contributed by atoms with Gasteiger partial charge in [-0.15, -0.1) is 0 Å². The van der Waals surface area contributed by atoms with Crippen molar-refractivity contribution in [3.8, 4) is 11.3 Å². The number of hydrogen-bond donors (Lipinski definition) is 0. The largest absolute Gasteiger partial charge is 0.455 e. The van der Waals surface area contributed by atoms with Crippen LogP contribution in [0.1, 0.15) is 0 Å². The number of rotatable bonds is 2. The minimum Gasteiger partial charge on any atom is -0.455 e. The van der Waals surface area contributed by atoms with Crippen molar-refractivity contribution < 1.29 is 8.63 Å². The van der Waals surface area contributed by atoms with Gasteiger partial charge in [-0.2, -0.15) is 0 Å². The first-order chi connectivity index (χ1) is 9.16. The molecule has 0 radical (unpaired) electrons. The average molecular weight is 335 g/mol. The number of fused-ring (bicyclic) bond motifs is 1. The van der Waals surface area contributed by atoms with Crippen LogP contribution in [0, 0.1) is 0 Å². The number of hydrogen-bond acceptors (Lipinski definition) is 2. The Morgan fingerprint density at radius 3 is 2.53 bits per heavy atom. The van der Waals surface area contributed by atoms with Crippen LogP contribution < -0.4 is 0 Å². The Bertz CT molecular complexity index is 762. The van der Waals surface area contributed by atoms with Crippen molar-refractivity contribution in [2.24, 2.45) is 0 Å². The summed E-state index contributed by atoms with van der Waals surface area (Å²) in [6.45, 7) is 0. The zero-order valence-electron chi connectivity index (χ0n) is 10.2. The molecule has 3 aromatic rings. The SMILES string of the molecule is CS(=O)c1c(-c2ccccc2)oc2ccc(Br)cc12. The highest BCUT2D eigenvalue weighted by atomic mass is 79.9. The molecule has 0 aliphatic rings. The Labute approximate surface area is 122 Å². The molecule has 2 nitrogen and oxygen atoms in total. The van der Waals surface area contributed by atoms with Gasteiger partial charge < -0.3 is 4.42 Å². The molecule has 1 unspecified atom stereocenters. The Hall–Kier alpha value is -1.39. The normalized spacial score (nSPS) is 12.7. The number of benzene rings is 2. The molecule has 0 saturated heterocycles. The molecule has 96 valence electrons. The summed E-state index contributed by atoms with van der Waals surface area (Å²) in [5.74, 6) is 0.689.